The van der Waals surface area contributed by atoms with Gasteiger partial charge >= 0.3 is 0 Å². The first-order valence-corrected chi connectivity index (χ1v) is 11.2. The quantitative estimate of drug-likeness (QED) is 0.488. The molecular formula is C23H38ClN3O2. The van der Waals surface area contributed by atoms with Crippen molar-refractivity contribution in [1.82, 2.24) is 15.6 Å². The van der Waals surface area contributed by atoms with E-state index in [1.165, 1.54) is 44.9 Å². The minimum absolute atomic E-state index is 0. The van der Waals surface area contributed by atoms with Crippen LogP contribution in [0.3, 0.4) is 0 Å². The zero-order valence-corrected chi connectivity index (χ0v) is 17.6. The fourth-order valence-corrected chi connectivity index (χ4v) is 5.14. The number of pyridine rings is 1. The van der Waals surface area contributed by atoms with E-state index in [1.807, 2.05) is 6.07 Å². The molecule has 2 aliphatic carbocycles. The molecule has 1 heterocycles. The summed E-state index contributed by atoms with van der Waals surface area (Å²) < 4.78 is 0. The highest BCUT2D eigenvalue weighted by Crippen LogP contribution is 2.48. The zero-order valence-electron chi connectivity index (χ0n) is 16.8. The maximum absolute atomic E-state index is 12.8. The van der Waals surface area contributed by atoms with Crippen molar-refractivity contribution in [3.05, 3.63) is 28.5 Å². The minimum Gasteiger partial charge on any atom is -0.396 e. The molecule has 3 rings (SSSR count). The van der Waals surface area contributed by atoms with Crippen LogP contribution >= 0.6 is 11.6 Å². The smallest absolute Gasteiger partial charge is 0.252 e. The van der Waals surface area contributed by atoms with Gasteiger partial charge in [0.15, 0.2) is 0 Å². The predicted molar refractivity (Wildman–Crippen MR) is 119 cm³/mol. The molecule has 2 saturated carbocycles. The Balaban J connectivity index is 0.00000300. The molecule has 1 aromatic rings. The van der Waals surface area contributed by atoms with Gasteiger partial charge in [0, 0.05) is 25.0 Å². The maximum Gasteiger partial charge on any atom is 0.252 e. The van der Waals surface area contributed by atoms with Crippen LogP contribution < -0.4 is 10.6 Å². The maximum atomic E-state index is 12.8. The lowest BCUT2D eigenvalue weighted by Gasteiger charge is -2.45. The fraction of sp³-hybridized carbons (Fsp3) is 0.739. The van der Waals surface area contributed by atoms with E-state index >= 15 is 0 Å². The number of hydrogen-bond acceptors (Lipinski definition) is 4. The number of aliphatic hydroxyl groups excluding tert-OH is 1. The van der Waals surface area contributed by atoms with E-state index in [0.717, 1.165) is 50.5 Å². The average Bonchev–Trinajstić information content (AvgIpc) is 2.70. The van der Waals surface area contributed by atoms with E-state index in [4.69, 9.17) is 16.7 Å². The summed E-state index contributed by atoms with van der Waals surface area (Å²) in [5, 5.41) is 15.7. The Hall–Kier alpha value is -1.17. The van der Waals surface area contributed by atoms with E-state index in [2.05, 4.69) is 15.6 Å². The number of carbonyl (C=O) groups is 1. The molecule has 2 aliphatic rings. The molecule has 6 heteroatoms. The first-order valence-electron chi connectivity index (χ1n) is 10.9. The minimum atomic E-state index is -0.0724. The number of aryl methyl sites for hydroxylation is 1. The topological polar surface area (TPSA) is 74.2 Å². The van der Waals surface area contributed by atoms with Crippen LogP contribution in [0.2, 0.25) is 5.02 Å². The fourth-order valence-electron chi connectivity index (χ4n) is 4.95. The lowest BCUT2D eigenvalue weighted by molar-refractivity contribution is 0.0681. The van der Waals surface area contributed by atoms with Crippen LogP contribution in [0.25, 0.3) is 0 Å². The Kier molecular flexibility index (Phi) is 9.87. The number of aromatic nitrogens is 1. The molecule has 0 atom stereocenters. The summed E-state index contributed by atoms with van der Waals surface area (Å²) in [4.78, 5) is 17.2. The van der Waals surface area contributed by atoms with Gasteiger partial charge in [-0.2, -0.15) is 0 Å². The van der Waals surface area contributed by atoms with Crippen molar-refractivity contribution in [1.29, 1.82) is 0 Å². The molecule has 0 radical (unpaired) electrons. The summed E-state index contributed by atoms with van der Waals surface area (Å²) in [6.45, 7) is 2.67. The second-order valence-corrected chi connectivity index (χ2v) is 9.03. The zero-order chi connectivity index (χ0) is 19.8. The van der Waals surface area contributed by atoms with Crippen molar-refractivity contribution in [3.8, 4) is 0 Å². The molecule has 1 aromatic heterocycles. The van der Waals surface area contributed by atoms with E-state index in [1.54, 1.807) is 6.20 Å². The number of halogens is 1. The second kappa shape index (κ2) is 11.9. The van der Waals surface area contributed by atoms with Gasteiger partial charge in [0.05, 0.1) is 10.6 Å². The Labute approximate surface area is 181 Å². The average molecular weight is 424 g/mol. The lowest BCUT2D eigenvalue weighted by Crippen LogP contribution is -2.43. The highest BCUT2D eigenvalue weighted by atomic mass is 35.5. The van der Waals surface area contributed by atoms with Crippen molar-refractivity contribution in [3.63, 3.8) is 0 Å². The largest absolute Gasteiger partial charge is 0.396 e. The Morgan fingerprint density at radius 1 is 1.24 bits per heavy atom. The summed E-state index contributed by atoms with van der Waals surface area (Å²) in [6, 6.07) is 1.84. The third-order valence-corrected chi connectivity index (χ3v) is 6.74. The highest BCUT2D eigenvalue weighted by Gasteiger charge is 2.39. The molecule has 3 N–H and O–H groups in total. The van der Waals surface area contributed by atoms with Gasteiger partial charge in [-0.15, -0.1) is 0 Å². The molecule has 0 unspecified atom stereocenters. The molecule has 2 fully saturated rings. The summed E-state index contributed by atoms with van der Waals surface area (Å²) in [5.41, 5.74) is 1.74. The Bertz CT molecular complexity index is 643. The van der Waals surface area contributed by atoms with E-state index in [-0.39, 0.29) is 19.9 Å². The number of rotatable bonds is 10. The van der Waals surface area contributed by atoms with Crippen LogP contribution in [0, 0.1) is 11.3 Å². The molecule has 0 saturated heterocycles. The number of aliphatic hydroxyl groups is 1. The van der Waals surface area contributed by atoms with E-state index in [9.17, 15) is 4.79 Å². The lowest BCUT2D eigenvalue weighted by atomic mass is 9.62. The van der Waals surface area contributed by atoms with Gasteiger partial charge in [-0.05, 0) is 69.0 Å². The van der Waals surface area contributed by atoms with Crippen LogP contribution in [0.1, 0.15) is 81.3 Å². The molecular weight excluding hydrogens is 386 g/mol. The number of nitrogens with one attached hydrogen (secondary N) is 2. The first kappa shape index (κ1) is 24.1. The highest BCUT2D eigenvalue weighted by molar-refractivity contribution is 6.33. The van der Waals surface area contributed by atoms with Crippen molar-refractivity contribution in [2.75, 3.05) is 26.2 Å². The van der Waals surface area contributed by atoms with Gasteiger partial charge in [-0.1, -0.05) is 44.7 Å². The van der Waals surface area contributed by atoms with Crippen molar-refractivity contribution < 1.29 is 9.90 Å². The van der Waals surface area contributed by atoms with E-state index < -0.39 is 0 Å². The van der Waals surface area contributed by atoms with Crippen LogP contribution in [0.5, 0.6) is 0 Å². The van der Waals surface area contributed by atoms with Gasteiger partial charge in [-0.25, -0.2) is 0 Å². The molecule has 0 aromatic carbocycles. The predicted octanol–water partition coefficient (Wildman–Crippen LogP) is 4.37. The summed E-state index contributed by atoms with van der Waals surface area (Å²) in [6.07, 6.45) is 13.2. The van der Waals surface area contributed by atoms with Gasteiger partial charge < -0.3 is 15.7 Å². The Morgan fingerprint density at radius 3 is 2.69 bits per heavy atom. The number of hydrogen-bond donors (Lipinski definition) is 3. The molecule has 5 nitrogen and oxygen atoms in total. The van der Waals surface area contributed by atoms with Crippen molar-refractivity contribution >= 4 is 17.5 Å². The first-order chi connectivity index (χ1) is 13.6. The SMILES string of the molecule is C.O=C(NCC12CCCC(CCC1)C2)c1cc(CCCNCCCO)ncc1Cl. The summed E-state index contributed by atoms with van der Waals surface area (Å²) >= 11 is 6.27. The number of nitrogens with zero attached hydrogens (tertiary/aromatic N) is 1. The van der Waals surface area contributed by atoms with Crippen LogP contribution in [-0.2, 0) is 6.42 Å². The summed E-state index contributed by atoms with van der Waals surface area (Å²) in [5.74, 6) is 0.790. The van der Waals surface area contributed by atoms with Crippen LogP contribution in [0.15, 0.2) is 12.3 Å². The summed E-state index contributed by atoms with van der Waals surface area (Å²) in [7, 11) is 0. The van der Waals surface area contributed by atoms with Crippen LogP contribution in [-0.4, -0.2) is 42.2 Å². The van der Waals surface area contributed by atoms with Crippen LogP contribution in [0.4, 0.5) is 0 Å². The monoisotopic (exact) mass is 423 g/mol. The van der Waals surface area contributed by atoms with E-state index in [0.29, 0.717) is 16.0 Å². The van der Waals surface area contributed by atoms with Gasteiger partial charge in [0.1, 0.15) is 0 Å². The standard InChI is InChI=1S/C22H34ClN3O2.CH4/c23-20-15-25-18(7-3-10-24-11-4-12-27)13-19(20)21(28)26-16-22-8-1-5-17(14-22)6-2-9-22;/h13,15,17,24,27H,1-12,14,16H2,(H,26,28);1H4. The van der Waals surface area contributed by atoms with Crippen molar-refractivity contribution in [2.45, 2.75) is 71.6 Å². The number of fused-ring (bicyclic) bond motifs is 2. The molecule has 0 aliphatic heterocycles. The molecule has 1 amide bonds. The van der Waals surface area contributed by atoms with Gasteiger partial charge in [0.25, 0.3) is 5.91 Å². The number of carbonyl (C=O) groups excluding carboxylic acids is 1. The molecule has 0 spiro atoms. The third kappa shape index (κ3) is 6.94. The third-order valence-electron chi connectivity index (χ3n) is 6.44. The molecule has 29 heavy (non-hydrogen) atoms. The molecule has 164 valence electrons. The van der Waals surface area contributed by atoms with Crippen molar-refractivity contribution in [2.24, 2.45) is 11.3 Å². The molecule has 2 bridgehead atoms. The van der Waals surface area contributed by atoms with Gasteiger partial charge in [-0.3, -0.25) is 9.78 Å². The number of amides is 1. The normalized spacial score (nSPS) is 23.3. The Morgan fingerprint density at radius 2 is 1.97 bits per heavy atom. The van der Waals surface area contributed by atoms with Gasteiger partial charge in [0.2, 0.25) is 0 Å². The second-order valence-electron chi connectivity index (χ2n) is 8.62.